The van der Waals surface area contributed by atoms with Gasteiger partial charge in [-0.3, -0.25) is 5.10 Å². The molecule has 0 fully saturated rings. The van der Waals surface area contributed by atoms with Gasteiger partial charge in [0.15, 0.2) is 0 Å². The Hall–Kier alpha value is -0.880. The van der Waals surface area contributed by atoms with Crippen LogP contribution in [0, 0.1) is 0 Å². The fraction of sp³-hybridized carbons (Fsp3) is 0.625. The molecule has 0 radical (unpaired) electrons. The Morgan fingerprint density at radius 1 is 1.64 bits per heavy atom. The van der Waals surface area contributed by atoms with Crippen LogP contribution < -0.4 is 4.72 Å². The smallest absolute Gasteiger partial charge is 0.243 e. The molecule has 1 rings (SSSR count). The highest BCUT2D eigenvalue weighted by atomic mass is 32.2. The first-order valence-electron chi connectivity index (χ1n) is 4.57. The van der Waals surface area contributed by atoms with E-state index in [1.165, 1.54) is 12.4 Å². The van der Waals surface area contributed by atoms with E-state index in [4.69, 9.17) is 0 Å². The summed E-state index contributed by atoms with van der Waals surface area (Å²) >= 11 is 0. The summed E-state index contributed by atoms with van der Waals surface area (Å²) in [4.78, 5) is 0.181. The van der Waals surface area contributed by atoms with Crippen LogP contribution in [0.1, 0.15) is 26.7 Å². The molecule has 0 aliphatic carbocycles. The molecule has 80 valence electrons. The zero-order chi connectivity index (χ0) is 10.6. The van der Waals surface area contributed by atoms with Gasteiger partial charge in [0, 0.05) is 12.2 Å². The molecule has 1 heterocycles. The zero-order valence-corrected chi connectivity index (χ0v) is 9.13. The monoisotopic (exact) mass is 217 g/mol. The Morgan fingerprint density at radius 3 is 2.86 bits per heavy atom. The number of nitrogens with zero attached hydrogens (tertiary/aromatic N) is 1. The predicted octanol–water partition coefficient (Wildman–Crippen LogP) is 0.877. The van der Waals surface area contributed by atoms with Gasteiger partial charge < -0.3 is 0 Å². The number of sulfonamides is 1. The molecule has 5 nitrogen and oxygen atoms in total. The quantitative estimate of drug-likeness (QED) is 0.768. The first-order chi connectivity index (χ1) is 6.56. The van der Waals surface area contributed by atoms with Gasteiger partial charge in [-0.15, -0.1) is 0 Å². The van der Waals surface area contributed by atoms with Crippen LogP contribution >= 0.6 is 0 Å². The summed E-state index contributed by atoms with van der Waals surface area (Å²) < 4.78 is 25.8. The van der Waals surface area contributed by atoms with Crippen LogP contribution in [-0.2, 0) is 10.0 Å². The summed E-state index contributed by atoms with van der Waals surface area (Å²) in [5.74, 6) is 0. The van der Waals surface area contributed by atoms with Crippen LogP contribution in [0.2, 0.25) is 0 Å². The van der Waals surface area contributed by atoms with Crippen molar-refractivity contribution in [2.45, 2.75) is 37.6 Å². The summed E-state index contributed by atoms with van der Waals surface area (Å²) in [6.45, 7) is 3.86. The lowest BCUT2D eigenvalue weighted by Gasteiger charge is -2.11. The van der Waals surface area contributed by atoms with E-state index in [0.717, 1.165) is 12.8 Å². The Kier molecular flexibility index (Phi) is 3.65. The summed E-state index contributed by atoms with van der Waals surface area (Å²) in [7, 11) is -3.38. The van der Waals surface area contributed by atoms with E-state index in [0.29, 0.717) is 0 Å². The van der Waals surface area contributed by atoms with Crippen molar-refractivity contribution in [3.8, 4) is 0 Å². The second-order valence-corrected chi connectivity index (χ2v) is 4.96. The number of aromatic amines is 1. The molecule has 0 aromatic carbocycles. The topological polar surface area (TPSA) is 74.8 Å². The lowest BCUT2D eigenvalue weighted by molar-refractivity contribution is 0.544. The van der Waals surface area contributed by atoms with Gasteiger partial charge in [-0.2, -0.15) is 5.10 Å². The maximum absolute atomic E-state index is 11.6. The van der Waals surface area contributed by atoms with E-state index >= 15 is 0 Å². The standard InChI is InChI=1S/C8H15N3O2S/c1-3-4-7(2)11-14(12,13)8-5-9-10-6-8/h5-7,11H,3-4H2,1-2H3,(H,9,10). The highest BCUT2D eigenvalue weighted by Gasteiger charge is 2.17. The SMILES string of the molecule is CCCC(C)NS(=O)(=O)c1cn[nH]c1. The maximum Gasteiger partial charge on any atom is 0.243 e. The number of nitrogens with one attached hydrogen (secondary N) is 2. The Morgan fingerprint density at radius 2 is 2.36 bits per heavy atom. The lowest BCUT2D eigenvalue weighted by Crippen LogP contribution is -2.32. The van der Waals surface area contributed by atoms with E-state index in [9.17, 15) is 8.42 Å². The van der Waals surface area contributed by atoms with Crippen molar-refractivity contribution >= 4 is 10.0 Å². The summed E-state index contributed by atoms with van der Waals surface area (Å²) in [6.07, 6.45) is 4.44. The molecule has 14 heavy (non-hydrogen) atoms. The third-order valence-corrected chi connectivity index (χ3v) is 3.42. The van der Waals surface area contributed by atoms with Crippen molar-refractivity contribution in [2.75, 3.05) is 0 Å². The van der Waals surface area contributed by atoms with Crippen molar-refractivity contribution in [1.29, 1.82) is 0 Å². The third kappa shape index (κ3) is 2.81. The van der Waals surface area contributed by atoms with E-state index in [1.807, 2.05) is 13.8 Å². The van der Waals surface area contributed by atoms with Gasteiger partial charge in [0.05, 0.1) is 6.20 Å². The number of rotatable bonds is 5. The minimum atomic E-state index is -3.38. The second-order valence-electron chi connectivity index (χ2n) is 3.25. The molecule has 0 aliphatic heterocycles. The van der Waals surface area contributed by atoms with Gasteiger partial charge in [-0.05, 0) is 13.3 Å². The molecule has 1 atom stereocenters. The van der Waals surface area contributed by atoms with Crippen molar-refractivity contribution in [2.24, 2.45) is 0 Å². The zero-order valence-electron chi connectivity index (χ0n) is 8.32. The molecule has 0 bridgehead atoms. The molecule has 1 unspecified atom stereocenters. The third-order valence-electron chi connectivity index (χ3n) is 1.86. The molecule has 6 heteroatoms. The Balaban J connectivity index is 2.68. The molecular weight excluding hydrogens is 202 g/mol. The highest BCUT2D eigenvalue weighted by molar-refractivity contribution is 7.89. The van der Waals surface area contributed by atoms with Gasteiger partial charge in [-0.25, -0.2) is 13.1 Å². The number of hydrogen-bond acceptors (Lipinski definition) is 3. The Bertz CT molecular complexity index is 358. The molecule has 1 aromatic heterocycles. The molecule has 0 spiro atoms. The van der Waals surface area contributed by atoms with Crippen LogP contribution in [0.3, 0.4) is 0 Å². The van der Waals surface area contributed by atoms with Crippen LogP contribution in [-0.4, -0.2) is 24.7 Å². The van der Waals surface area contributed by atoms with Crippen LogP contribution in [0.25, 0.3) is 0 Å². The van der Waals surface area contributed by atoms with Crippen LogP contribution in [0.5, 0.6) is 0 Å². The van der Waals surface area contributed by atoms with Crippen molar-refractivity contribution < 1.29 is 8.42 Å². The Labute approximate surface area is 84.0 Å². The van der Waals surface area contributed by atoms with Gasteiger partial charge in [0.1, 0.15) is 4.90 Å². The molecule has 0 saturated carbocycles. The fourth-order valence-electron chi connectivity index (χ4n) is 1.21. The molecular formula is C8H15N3O2S. The fourth-order valence-corrected chi connectivity index (χ4v) is 2.39. The second kappa shape index (κ2) is 4.56. The van der Waals surface area contributed by atoms with Crippen molar-refractivity contribution in [3.63, 3.8) is 0 Å². The van der Waals surface area contributed by atoms with Gasteiger partial charge in [-0.1, -0.05) is 13.3 Å². The molecule has 2 N–H and O–H groups in total. The van der Waals surface area contributed by atoms with E-state index in [1.54, 1.807) is 0 Å². The van der Waals surface area contributed by atoms with Crippen molar-refractivity contribution in [1.82, 2.24) is 14.9 Å². The largest absolute Gasteiger partial charge is 0.284 e. The van der Waals surface area contributed by atoms with Gasteiger partial charge >= 0.3 is 0 Å². The minimum absolute atomic E-state index is 0.0418. The summed E-state index contributed by atoms with van der Waals surface area (Å²) in [6, 6.07) is -0.0418. The van der Waals surface area contributed by atoms with Crippen LogP contribution in [0.4, 0.5) is 0 Å². The minimum Gasteiger partial charge on any atom is -0.284 e. The molecule has 0 saturated heterocycles. The average molecular weight is 217 g/mol. The lowest BCUT2D eigenvalue weighted by atomic mass is 10.2. The highest BCUT2D eigenvalue weighted by Crippen LogP contribution is 2.07. The number of H-pyrrole nitrogens is 1. The first-order valence-corrected chi connectivity index (χ1v) is 6.05. The number of aromatic nitrogens is 2. The first kappa shape index (κ1) is 11.2. The maximum atomic E-state index is 11.6. The summed E-state index contributed by atoms with van der Waals surface area (Å²) in [5.41, 5.74) is 0. The average Bonchev–Trinajstić information content (AvgIpc) is 2.54. The molecule has 0 amide bonds. The summed E-state index contributed by atoms with van der Waals surface area (Å²) in [5, 5.41) is 6.07. The predicted molar refractivity (Wildman–Crippen MR) is 53.3 cm³/mol. The van der Waals surface area contributed by atoms with Gasteiger partial charge in [0.2, 0.25) is 10.0 Å². The number of hydrogen-bond donors (Lipinski definition) is 2. The van der Waals surface area contributed by atoms with E-state index in [-0.39, 0.29) is 10.9 Å². The molecule has 0 aliphatic rings. The van der Waals surface area contributed by atoms with Crippen molar-refractivity contribution in [3.05, 3.63) is 12.4 Å². The van der Waals surface area contributed by atoms with Crippen LogP contribution in [0.15, 0.2) is 17.3 Å². The van der Waals surface area contributed by atoms with E-state index < -0.39 is 10.0 Å². The van der Waals surface area contributed by atoms with E-state index in [2.05, 4.69) is 14.9 Å². The van der Waals surface area contributed by atoms with Gasteiger partial charge in [0.25, 0.3) is 0 Å². The molecule has 1 aromatic rings. The normalized spacial score (nSPS) is 14.1.